The third-order valence-corrected chi connectivity index (χ3v) is 9.93. The lowest BCUT2D eigenvalue weighted by Crippen LogP contribution is -2.11. The Hall–Kier alpha value is -7.17. The van der Waals surface area contributed by atoms with E-state index in [0.29, 0.717) is 5.89 Å². The van der Waals surface area contributed by atoms with E-state index in [1.807, 2.05) is 48.5 Å². The fourth-order valence-corrected chi connectivity index (χ4v) is 7.32. The zero-order valence-corrected chi connectivity index (χ0v) is 28.7. The predicted molar refractivity (Wildman–Crippen MR) is 218 cm³/mol. The molecule has 0 aliphatic carbocycles. The fraction of sp³-hybridized carbons (Fsp3) is 0. The zero-order chi connectivity index (χ0) is 35.1. The van der Waals surface area contributed by atoms with Crippen LogP contribution in [-0.2, 0) is 0 Å². The summed E-state index contributed by atoms with van der Waals surface area (Å²) >= 11 is 0. The summed E-state index contributed by atoms with van der Waals surface area (Å²) < 4.78 is 12.9. The van der Waals surface area contributed by atoms with Crippen LogP contribution < -0.4 is 4.90 Å². The van der Waals surface area contributed by atoms with E-state index in [1.165, 1.54) is 16.7 Å². The van der Waals surface area contributed by atoms with Crippen LogP contribution in [0.15, 0.2) is 203 Å². The maximum atomic E-state index is 6.49. The molecule has 10 aromatic rings. The molecule has 0 unspecified atom stereocenters. The first-order valence-corrected chi connectivity index (χ1v) is 17.8. The minimum absolute atomic E-state index is 0.589. The molecule has 0 N–H and O–H groups in total. The van der Waals surface area contributed by atoms with Gasteiger partial charge in [-0.25, -0.2) is 4.98 Å². The van der Waals surface area contributed by atoms with E-state index in [9.17, 15) is 0 Å². The van der Waals surface area contributed by atoms with Gasteiger partial charge >= 0.3 is 0 Å². The Bertz CT molecular complexity index is 2860. The number of hydrogen-bond acceptors (Lipinski definition) is 4. The van der Waals surface area contributed by atoms with Crippen molar-refractivity contribution in [2.75, 3.05) is 4.90 Å². The number of rotatable bonds is 7. The Balaban J connectivity index is 1.15. The number of para-hydroxylation sites is 1. The van der Waals surface area contributed by atoms with E-state index in [1.54, 1.807) is 0 Å². The quantitative estimate of drug-likeness (QED) is 0.168. The van der Waals surface area contributed by atoms with Crippen LogP contribution in [0.5, 0.6) is 0 Å². The number of fused-ring (bicyclic) bond motifs is 5. The van der Waals surface area contributed by atoms with Crippen molar-refractivity contribution in [1.82, 2.24) is 4.98 Å². The average Bonchev–Trinajstić information content (AvgIpc) is 3.84. The molecule has 2 aromatic heterocycles. The van der Waals surface area contributed by atoms with Gasteiger partial charge < -0.3 is 13.7 Å². The molecular formula is C49H32N2O2. The molecular weight excluding hydrogens is 649 g/mol. The van der Waals surface area contributed by atoms with Gasteiger partial charge in [0, 0.05) is 27.9 Å². The van der Waals surface area contributed by atoms with Gasteiger partial charge in [-0.2, -0.15) is 0 Å². The number of furan rings is 1. The molecule has 10 rings (SSSR count). The van der Waals surface area contributed by atoms with Crippen molar-refractivity contribution in [2.45, 2.75) is 0 Å². The highest BCUT2D eigenvalue weighted by molar-refractivity contribution is 6.17. The van der Waals surface area contributed by atoms with Gasteiger partial charge in [0.05, 0.1) is 11.1 Å². The second kappa shape index (κ2) is 12.9. The van der Waals surface area contributed by atoms with Crippen LogP contribution in [0, 0.1) is 0 Å². The third kappa shape index (κ3) is 5.54. The Morgan fingerprint density at radius 2 is 0.925 bits per heavy atom. The molecule has 0 bridgehead atoms. The Kier molecular flexibility index (Phi) is 7.43. The Morgan fingerprint density at radius 3 is 1.60 bits per heavy atom. The number of nitrogens with zero attached hydrogens (tertiary/aromatic N) is 2. The molecule has 0 aliphatic heterocycles. The maximum absolute atomic E-state index is 6.49. The Morgan fingerprint density at radius 1 is 0.396 bits per heavy atom. The van der Waals surface area contributed by atoms with E-state index in [0.717, 1.165) is 72.4 Å². The van der Waals surface area contributed by atoms with Crippen LogP contribution in [0.2, 0.25) is 0 Å². The van der Waals surface area contributed by atoms with E-state index >= 15 is 0 Å². The lowest BCUT2D eigenvalue weighted by atomic mass is 9.98. The van der Waals surface area contributed by atoms with E-state index in [-0.39, 0.29) is 0 Å². The summed E-state index contributed by atoms with van der Waals surface area (Å²) in [5.74, 6) is 0.589. The van der Waals surface area contributed by atoms with Gasteiger partial charge in [0.2, 0.25) is 5.89 Å². The summed E-state index contributed by atoms with van der Waals surface area (Å²) in [5, 5.41) is 1.88. The first kappa shape index (κ1) is 30.6. The average molecular weight is 681 g/mol. The minimum Gasteiger partial charge on any atom is -0.456 e. The second-order valence-corrected chi connectivity index (χ2v) is 13.2. The maximum Gasteiger partial charge on any atom is 0.227 e. The monoisotopic (exact) mass is 680 g/mol. The van der Waals surface area contributed by atoms with E-state index < -0.39 is 0 Å². The number of benzene rings is 8. The van der Waals surface area contributed by atoms with Gasteiger partial charge in [-0.1, -0.05) is 133 Å². The summed E-state index contributed by atoms with van der Waals surface area (Å²) in [5.41, 5.74) is 14.1. The minimum atomic E-state index is 0.589. The van der Waals surface area contributed by atoms with Gasteiger partial charge in [0.25, 0.3) is 0 Å². The van der Waals surface area contributed by atoms with Crippen LogP contribution in [0.3, 0.4) is 0 Å². The molecule has 0 aliphatic rings. The van der Waals surface area contributed by atoms with Crippen molar-refractivity contribution in [1.29, 1.82) is 0 Å². The molecule has 0 spiro atoms. The van der Waals surface area contributed by atoms with Gasteiger partial charge in [-0.05, 0) is 88.5 Å². The number of aromatic nitrogens is 1. The molecule has 0 amide bonds. The first-order chi connectivity index (χ1) is 26.3. The van der Waals surface area contributed by atoms with Gasteiger partial charge in [-0.3, -0.25) is 0 Å². The van der Waals surface area contributed by atoms with Crippen molar-refractivity contribution in [3.63, 3.8) is 0 Å². The molecule has 2 heterocycles. The number of anilines is 3. The highest BCUT2D eigenvalue weighted by atomic mass is 16.4. The number of oxazole rings is 1. The number of hydrogen-bond donors (Lipinski definition) is 0. The highest BCUT2D eigenvalue weighted by Gasteiger charge is 2.21. The summed E-state index contributed by atoms with van der Waals surface area (Å²) in [4.78, 5) is 7.19. The summed E-state index contributed by atoms with van der Waals surface area (Å²) in [6.45, 7) is 0. The topological polar surface area (TPSA) is 42.4 Å². The van der Waals surface area contributed by atoms with Gasteiger partial charge in [-0.15, -0.1) is 0 Å². The smallest absolute Gasteiger partial charge is 0.227 e. The van der Waals surface area contributed by atoms with Crippen molar-refractivity contribution >= 4 is 50.1 Å². The van der Waals surface area contributed by atoms with E-state index in [4.69, 9.17) is 13.8 Å². The molecule has 0 saturated heterocycles. The third-order valence-electron chi connectivity index (χ3n) is 9.93. The Labute approximate surface area is 306 Å². The lowest BCUT2D eigenvalue weighted by Gasteiger charge is -2.28. The first-order valence-electron chi connectivity index (χ1n) is 17.8. The molecule has 0 saturated carbocycles. The predicted octanol–water partition coefficient (Wildman–Crippen LogP) is 13.9. The van der Waals surface area contributed by atoms with Crippen LogP contribution >= 0.6 is 0 Å². The molecule has 8 aromatic carbocycles. The van der Waals surface area contributed by atoms with Gasteiger partial charge in [0.1, 0.15) is 16.7 Å². The molecule has 250 valence electrons. The van der Waals surface area contributed by atoms with Gasteiger partial charge in [0.15, 0.2) is 5.58 Å². The van der Waals surface area contributed by atoms with Crippen LogP contribution in [-0.4, -0.2) is 4.98 Å². The van der Waals surface area contributed by atoms with E-state index in [2.05, 4.69) is 150 Å². The second-order valence-electron chi connectivity index (χ2n) is 13.2. The molecule has 0 radical (unpaired) electrons. The standard InChI is InChI=1S/C49H32N2O2/c1-4-12-33(13-5-1)35-20-22-37(23-21-35)41-18-10-11-19-44(41)51(39-26-24-36(25-27-39)34-14-6-2-7-15-34)40-28-30-45-42(32-40)47-46(52-45)31-29-43-48(47)53-49(50-43)38-16-8-3-9-17-38/h1-32H. The summed E-state index contributed by atoms with van der Waals surface area (Å²) in [6.07, 6.45) is 0. The van der Waals surface area contributed by atoms with Crippen molar-refractivity contribution < 1.29 is 8.83 Å². The lowest BCUT2D eigenvalue weighted by molar-refractivity contribution is 0.622. The largest absolute Gasteiger partial charge is 0.456 e. The normalized spacial score (nSPS) is 11.4. The van der Waals surface area contributed by atoms with Crippen molar-refractivity contribution in [3.8, 4) is 44.8 Å². The highest BCUT2D eigenvalue weighted by Crippen LogP contribution is 2.44. The zero-order valence-electron chi connectivity index (χ0n) is 28.7. The van der Waals surface area contributed by atoms with Crippen LogP contribution in [0.4, 0.5) is 17.1 Å². The molecule has 53 heavy (non-hydrogen) atoms. The summed E-state index contributed by atoms with van der Waals surface area (Å²) in [6, 6.07) is 67.7. The molecule has 4 nitrogen and oxygen atoms in total. The summed E-state index contributed by atoms with van der Waals surface area (Å²) in [7, 11) is 0. The van der Waals surface area contributed by atoms with Crippen LogP contribution in [0.1, 0.15) is 0 Å². The molecule has 4 heteroatoms. The van der Waals surface area contributed by atoms with Crippen LogP contribution in [0.25, 0.3) is 77.9 Å². The van der Waals surface area contributed by atoms with Crippen molar-refractivity contribution in [3.05, 3.63) is 194 Å². The fourth-order valence-electron chi connectivity index (χ4n) is 7.32. The molecule has 0 atom stereocenters. The SMILES string of the molecule is c1ccc(-c2ccc(-c3ccccc3N(c3ccc(-c4ccccc4)cc3)c3ccc4oc5ccc6nc(-c7ccccc7)oc6c5c4c3)cc2)cc1. The van der Waals surface area contributed by atoms with Crippen molar-refractivity contribution in [2.24, 2.45) is 0 Å². The molecule has 0 fully saturated rings.